The number of carbonyl (C=O) groups is 1. The number of benzene rings is 2. The van der Waals surface area contributed by atoms with E-state index in [2.05, 4.69) is 47.4 Å². The van der Waals surface area contributed by atoms with Crippen LogP contribution in [0.4, 0.5) is 4.79 Å². The number of nitrogens with zero attached hydrogens (tertiary/aromatic N) is 2. The number of piperazine rings is 1. The van der Waals surface area contributed by atoms with Gasteiger partial charge in [0.05, 0.1) is 7.11 Å². The lowest BCUT2D eigenvalue weighted by molar-refractivity contribution is 0.0139. The van der Waals surface area contributed by atoms with Gasteiger partial charge in [-0.1, -0.05) is 43.2 Å². The summed E-state index contributed by atoms with van der Waals surface area (Å²) in [4.78, 5) is 16.7. The minimum absolute atomic E-state index is 0.210. The topological polar surface area (TPSA) is 42.0 Å². The molecular formula is C28H38N2O3. The number of methoxy groups -OCH3 is 1. The van der Waals surface area contributed by atoms with Crippen molar-refractivity contribution in [1.82, 2.24) is 9.80 Å². The molecular weight excluding hydrogens is 412 g/mol. The summed E-state index contributed by atoms with van der Waals surface area (Å²) >= 11 is 0. The van der Waals surface area contributed by atoms with Gasteiger partial charge in [-0.05, 0) is 73.9 Å². The van der Waals surface area contributed by atoms with Crippen LogP contribution in [0.5, 0.6) is 5.75 Å². The van der Waals surface area contributed by atoms with E-state index in [4.69, 9.17) is 9.47 Å². The third-order valence-electron chi connectivity index (χ3n) is 6.78. The Kier molecular flexibility index (Phi) is 7.28. The molecule has 1 saturated heterocycles. The van der Waals surface area contributed by atoms with Gasteiger partial charge in [0.15, 0.2) is 0 Å². The minimum atomic E-state index is -0.459. The Morgan fingerprint density at radius 3 is 2.33 bits per heavy atom. The van der Waals surface area contributed by atoms with Crippen molar-refractivity contribution in [3.05, 3.63) is 53.6 Å². The molecule has 1 aliphatic heterocycles. The van der Waals surface area contributed by atoms with E-state index in [-0.39, 0.29) is 6.09 Å². The molecule has 0 atom stereocenters. The van der Waals surface area contributed by atoms with Crippen molar-refractivity contribution in [2.24, 2.45) is 0 Å². The third kappa shape index (κ3) is 5.89. The van der Waals surface area contributed by atoms with Crippen molar-refractivity contribution in [2.75, 3.05) is 33.3 Å². The lowest BCUT2D eigenvalue weighted by atomic mass is 9.87. The average molecular weight is 451 g/mol. The van der Waals surface area contributed by atoms with E-state index in [1.165, 1.54) is 47.9 Å². The highest BCUT2D eigenvalue weighted by atomic mass is 16.6. The fourth-order valence-corrected chi connectivity index (χ4v) is 5.06. The summed E-state index contributed by atoms with van der Waals surface area (Å²) in [5.74, 6) is 1.54. The summed E-state index contributed by atoms with van der Waals surface area (Å²) < 4.78 is 11.1. The van der Waals surface area contributed by atoms with Crippen LogP contribution < -0.4 is 4.74 Å². The van der Waals surface area contributed by atoms with E-state index in [1.54, 1.807) is 7.11 Å². The fourth-order valence-electron chi connectivity index (χ4n) is 5.06. The van der Waals surface area contributed by atoms with Crippen LogP contribution >= 0.6 is 0 Å². The normalized spacial score (nSPS) is 17.9. The van der Waals surface area contributed by atoms with Crippen LogP contribution in [0, 0.1) is 0 Å². The maximum Gasteiger partial charge on any atom is 0.410 e. The molecule has 5 nitrogen and oxygen atoms in total. The summed E-state index contributed by atoms with van der Waals surface area (Å²) in [6.45, 7) is 9.67. The molecule has 0 unspecified atom stereocenters. The van der Waals surface area contributed by atoms with Crippen molar-refractivity contribution in [3.63, 3.8) is 0 Å². The smallest absolute Gasteiger partial charge is 0.410 e. The quantitative estimate of drug-likeness (QED) is 0.554. The molecule has 2 aliphatic rings. The van der Waals surface area contributed by atoms with Gasteiger partial charge in [-0.15, -0.1) is 0 Å². The minimum Gasteiger partial charge on any atom is -0.497 e. The summed E-state index contributed by atoms with van der Waals surface area (Å²) in [5.41, 5.74) is 4.93. The molecule has 2 fully saturated rings. The molecule has 1 heterocycles. The van der Waals surface area contributed by atoms with Gasteiger partial charge < -0.3 is 14.4 Å². The molecule has 5 heteroatoms. The van der Waals surface area contributed by atoms with Crippen LogP contribution in [-0.4, -0.2) is 54.8 Å². The van der Waals surface area contributed by atoms with Crippen LogP contribution in [0.25, 0.3) is 11.1 Å². The van der Waals surface area contributed by atoms with Gasteiger partial charge in [-0.25, -0.2) is 4.79 Å². The standard InChI is InChI=1S/C28H38N2O3/c1-28(2,3)33-27(31)30-17-15-29(16-18-30)20-22-13-14-23(32-4)19-26(22)25-12-8-7-11-24(25)21-9-5-6-10-21/h7-8,11-14,19,21H,5-6,9-10,15-18,20H2,1-4H3. The molecule has 0 spiro atoms. The lowest BCUT2D eigenvalue weighted by Crippen LogP contribution is -2.49. The molecule has 1 amide bonds. The summed E-state index contributed by atoms with van der Waals surface area (Å²) in [5, 5.41) is 0. The first kappa shape index (κ1) is 23.6. The second-order valence-electron chi connectivity index (χ2n) is 10.3. The van der Waals surface area contributed by atoms with E-state index in [0.29, 0.717) is 19.0 Å². The van der Waals surface area contributed by atoms with E-state index < -0.39 is 5.60 Å². The van der Waals surface area contributed by atoms with Crippen LogP contribution in [-0.2, 0) is 11.3 Å². The van der Waals surface area contributed by atoms with Gasteiger partial charge in [0, 0.05) is 32.7 Å². The largest absolute Gasteiger partial charge is 0.497 e. The Bertz CT molecular complexity index is 952. The first-order chi connectivity index (χ1) is 15.8. The van der Waals surface area contributed by atoms with Crippen molar-refractivity contribution >= 4 is 6.09 Å². The zero-order valence-corrected chi connectivity index (χ0v) is 20.6. The molecule has 0 N–H and O–H groups in total. The molecule has 0 aromatic heterocycles. The van der Waals surface area contributed by atoms with Crippen molar-refractivity contribution in [3.8, 4) is 16.9 Å². The summed E-state index contributed by atoms with van der Waals surface area (Å²) in [6, 6.07) is 15.4. The third-order valence-corrected chi connectivity index (χ3v) is 6.78. The predicted octanol–water partition coefficient (Wildman–Crippen LogP) is 6.07. The van der Waals surface area contributed by atoms with Crippen LogP contribution in [0.15, 0.2) is 42.5 Å². The Morgan fingerprint density at radius 1 is 0.970 bits per heavy atom. The highest BCUT2D eigenvalue weighted by molar-refractivity contribution is 5.73. The number of amides is 1. The molecule has 1 saturated carbocycles. The molecule has 178 valence electrons. The van der Waals surface area contributed by atoms with Crippen molar-refractivity contribution in [2.45, 2.75) is 64.5 Å². The van der Waals surface area contributed by atoms with Gasteiger partial charge >= 0.3 is 6.09 Å². The summed E-state index contributed by atoms with van der Waals surface area (Å²) in [6.07, 6.45) is 5.00. The Balaban J connectivity index is 1.52. The fraction of sp³-hybridized carbons (Fsp3) is 0.536. The number of carbonyl (C=O) groups excluding carboxylic acids is 1. The zero-order valence-electron chi connectivity index (χ0n) is 20.6. The van der Waals surface area contributed by atoms with Gasteiger partial charge in [0.1, 0.15) is 11.4 Å². The molecule has 33 heavy (non-hydrogen) atoms. The first-order valence-electron chi connectivity index (χ1n) is 12.3. The van der Waals surface area contributed by atoms with E-state index in [9.17, 15) is 4.79 Å². The van der Waals surface area contributed by atoms with Crippen LogP contribution in [0.1, 0.15) is 63.5 Å². The van der Waals surface area contributed by atoms with Crippen LogP contribution in [0.3, 0.4) is 0 Å². The van der Waals surface area contributed by atoms with E-state index >= 15 is 0 Å². The number of rotatable bonds is 5. The maximum absolute atomic E-state index is 12.4. The van der Waals surface area contributed by atoms with Crippen LogP contribution in [0.2, 0.25) is 0 Å². The molecule has 4 rings (SSSR count). The molecule has 1 aliphatic carbocycles. The number of ether oxygens (including phenoxy) is 2. The monoisotopic (exact) mass is 450 g/mol. The summed E-state index contributed by atoms with van der Waals surface area (Å²) in [7, 11) is 1.73. The molecule has 2 aromatic rings. The Hall–Kier alpha value is -2.53. The maximum atomic E-state index is 12.4. The van der Waals surface area contributed by atoms with Crippen molar-refractivity contribution in [1.29, 1.82) is 0 Å². The van der Waals surface area contributed by atoms with Crippen molar-refractivity contribution < 1.29 is 14.3 Å². The zero-order chi connectivity index (χ0) is 23.4. The molecule has 0 bridgehead atoms. The highest BCUT2D eigenvalue weighted by Crippen LogP contribution is 2.41. The van der Waals surface area contributed by atoms with Gasteiger partial charge in [-0.3, -0.25) is 4.90 Å². The first-order valence-corrected chi connectivity index (χ1v) is 12.3. The average Bonchev–Trinajstić information content (AvgIpc) is 3.33. The lowest BCUT2D eigenvalue weighted by Gasteiger charge is -2.36. The second kappa shape index (κ2) is 10.2. The van der Waals surface area contributed by atoms with E-state index in [1.807, 2.05) is 25.7 Å². The Morgan fingerprint density at radius 2 is 1.67 bits per heavy atom. The number of hydrogen-bond donors (Lipinski definition) is 0. The predicted molar refractivity (Wildman–Crippen MR) is 133 cm³/mol. The Labute approximate surface area is 198 Å². The molecule has 0 radical (unpaired) electrons. The molecule has 2 aromatic carbocycles. The van der Waals surface area contributed by atoms with E-state index in [0.717, 1.165) is 25.4 Å². The number of hydrogen-bond acceptors (Lipinski definition) is 4. The van der Waals surface area contributed by atoms with Gasteiger partial charge in [-0.2, -0.15) is 0 Å². The van der Waals surface area contributed by atoms with Gasteiger partial charge in [0.25, 0.3) is 0 Å². The van der Waals surface area contributed by atoms with Gasteiger partial charge in [0.2, 0.25) is 0 Å². The SMILES string of the molecule is COc1ccc(CN2CCN(C(=O)OC(C)(C)C)CC2)c(-c2ccccc2C2CCCC2)c1. The highest BCUT2D eigenvalue weighted by Gasteiger charge is 2.27. The second-order valence-corrected chi connectivity index (χ2v) is 10.3.